The second-order valence-corrected chi connectivity index (χ2v) is 9.38. The smallest absolute Gasteiger partial charge is 0.343 e. The van der Waals surface area contributed by atoms with Gasteiger partial charge >= 0.3 is 5.97 Å². The van der Waals surface area contributed by atoms with Gasteiger partial charge in [-0.2, -0.15) is 5.26 Å². The molecule has 1 aliphatic rings. The lowest BCUT2D eigenvalue weighted by molar-refractivity contribution is 0.0734. The number of fused-ring (bicyclic) bond motifs is 1. The molecular formula is C30H20Cl2N2O4. The Labute approximate surface area is 229 Å². The Kier molecular flexibility index (Phi) is 7.23. The van der Waals surface area contributed by atoms with Gasteiger partial charge in [0.1, 0.15) is 35.5 Å². The summed E-state index contributed by atoms with van der Waals surface area (Å²) in [6, 6.07) is 28.5. The molecule has 0 bridgehead atoms. The molecule has 4 aromatic rings. The van der Waals surface area contributed by atoms with Gasteiger partial charge in [0, 0.05) is 21.7 Å². The molecular weight excluding hydrogens is 523 g/mol. The number of esters is 1. The summed E-state index contributed by atoms with van der Waals surface area (Å²) >= 11 is 11.9. The van der Waals surface area contributed by atoms with E-state index in [0.717, 1.165) is 11.1 Å². The first-order chi connectivity index (χ1) is 18.4. The second kappa shape index (κ2) is 10.9. The Morgan fingerprint density at radius 2 is 1.66 bits per heavy atom. The molecule has 5 rings (SSSR count). The first-order valence-electron chi connectivity index (χ1n) is 11.6. The van der Waals surface area contributed by atoms with E-state index in [1.165, 1.54) is 6.07 Å². The third kappa shape index (κ3) is 5.45. The maximum absolute atomic E-state index is 12.6. The second-order valence-electron chi connectivity index (χ2n) is 8.51. The first kappa shape index (κ1) is 25.2. The van der Waals surface area contributed by atoms with Crippen LogP contribution in [0.4, 0.5) is 0 Å². The van der Waals surface area contributed by atoms with Crippen molar-refractivity contribution in [3.63, 3.8) is 0 Å². The number of nitriles is 1. The summed E-state index contributed by atoms with van der Waals surface area (Å²) in [5, 5.41) is 10.9. The van der Waals surface area contributed by atoms with Gasteiger partial charge in [0.25, 0.3) is 0 Å². The van der Waals surface area contributed by atoms with Crippen molar-refractivity contribution < 1.29 is 19.0 Å². The van der Waals surface area contributed by atoms with Crippen LogP contribution in [0.5, 0.6) is 17.2 Å². The van der Waals surface area contributed by atoms with Gasteiger partial charge < -0.3 is 19.9 Å². The molecule has 1 aliphatic heterocycles. The number of rotatable bonds is 6. The fraction of sp³-hybridized carbons (Fsp3) is 0.0667. The van der Waals surface area contributed by atoms with Crippen LogP contribution >= 0.6 is 23.2 Å². The van der Waals surface area contributed by atoms with Crippen LogP contribution in [0.2, 0.25) is 10.0 Å². The van der Waals surface area contributed by atoms with Crippen molar-refractivity contribution >= 4 is 29.2 Å². The molecule has 0 saturated heterocycles. The predicted molar refractivity (Wildman–Crippen MR) is 144 cm³/mol. The standard InChI is InChI=1S/C30H20Cl2N2O4/c31-21-8-4-18(5-9-21)17-36-23-10-6-19(7-11-23)28-25-13-12-24(15-27(25)38-29(34)26(28)16-33)37-30(35)20-2-1-3-22(32)14-20/h1-15,28H,17,34H2. The predicted octanol–water partition coefficient (Wildman–Crippen LogP) is 7.01. The molecule has 0 amide bonds. The van der Waals surface area contributed by atoms with Crippen LogP contribution in [0.15, 0.2) is 102 Å². The normalized spacial score (nSPS) is 14.2. The van der Waals surface area contributed by atoms with E-state index >= 15 is 0 Å². The zero-order valence-electron chi connectivity index (χ0n) is 19.9. The summed E-state index contributed by atoms with van der Waals surface area (Å²) in [5.74, 6) is 0.306. The molecule has 1 heterocycles. The summed E-state index contributed by atoms with van der Waals surface area (Å²) in [6.45, 7) is 0.392. The molecule has 1 atom stereocenters. The van der Waals surface area contributed by atoms with Crippen molar-refractivity contribution in [2.75, 3.05) is 0 Å². The van der Waals surface area contributed by atoms with Crippen LogP contribution in [-0.4, -0.2) is 5.97 Å². The van der Waals surface area contributed by atoms with E-state index in [0.29, 0.717) is 39.3 Å². The average Bonchev–Trinajstić information content (AvgIpc) is 2.92. The zero-order chi connectivity index (χ0) is 26.6. The average molecular weight is 543 g/mol. The van der Waals surface area contributed by atoms with Crippen LogP contribution in [0, 0.1) is 11.3 Å². The fourth-order valence-electron chi connectivity index (χ4n) is 4.13. The molecule has 0 aromatic heterocycles. The molecule has 188 valence electrons. The third-order valence-electron chi connectivity index (χ3n) is 5.99. The van der Waals surface area contributed by atoms with Crippen LogP contribution < -0.4 is 19.9 Å². The number of carbonyl (C=O) groups is 1. The third-order valence-corrected chi connectivity index (χ3v) is 6.48. The van der Waals surface area contributed by atoms with E-state index in [1.54, 1.807) is 36.4 Å². The van der Waals surface area contributed by atoms with Gasteiger partial charge in [-0.15, -0.1) is 0 Å². The number of halogens is 2. The number of ether oxygens (including phenoxy) is 3. The molecule has 4 aromatic carbocycles. The number of carbonyl (C=O) groups excluding carboxylic acids is 1. The number of nitrogens with two attached hydrogens (primary N) is 1. The van der Waals surface area contributed by atoms with E-state index < -0.39 is 11.9 Å². The van der Waals surface area contributed by atoms with Gasteiger partial charge in [-0.3, -0.25) is 0 Å². The SMILES string of the molecule is N#CC1=C(N)Oc2cc(OC(=O)c3cccc(Cl)c3)ccc2C1c1ccc(OCc2ccc(Cl)cc2)cc1. The molecule has 1 unspecified atom stereocenters. The lowest BCUT2D eigenvalue weighted by Crippen LogP contribution is -2.21. The summed E-state index contributed by atoms with van der Waals surface area (Å²) in [7, 11) is 0. The van der Waals surface area contributed by atoms with Crippen LogP contribution in [-0.2, 0) is 6.61 Å². The van der Waals surface area contributed by atoms with Gasteiger partial charge in [-0.05, 0) is 59.7 Å². The van der Waals surface area contributed by atoms with Gasteiger partial charge in [0.05, 0.1) is 11.5 Å². The minimum Gasteiger partial charge on any atom is -0.489 e. The maximum atomic E-state index is 12.6. The van der Waals surface area contributed by atoms with Crippen LogP contribution in [0.3, 0.4) is 0 Å². The Morgan fingerprint density at radius 1 is 0.921 bits per heavy atom. The highest BCUT2D eigenvalue weighted by molar-refractivity contribution is 6.31. The molecule has 6 nitrogen and oxygen atoms in total. The largest absolute Gasteiger partial charge is 0.489 e. The lowest BCUT2D eigenvalue weighted by atomic mass is 9.83. The monoisotopic (exact) mass is 542 g/mol. The summed E-state index contributed by atoms with van der Waals surface area (Å²) in [4.78, 5) is 12.6. The minimum absolute atomic E-state index is 0.00798. The topological polar surface area (TPSA) is 94.6 Å². The number of hydrogen-bond donors (Lipinski definition) is 1. The van der Waals surface area contributed by atoms with Crippen molar-refractivity contribution in [1.29, 1.82) is 5.26 Å². The fourth-order valence-corrected chi connectivity index (χ4v) is 4.44. The molecule has 2 N–H and O–H groups in total. The summed E-state index contributed by atoms with van der Waals surface area (Å²) < 4.78 is 17.1. The highest BCUT2D eigenvalue weighted by atomic mass is 35.5. The Morgan fingerprint density at radius 3 is 2.37 bits per heavy atom. The van der Waals surface area contributed by atoms with Gasteiger partial charge in [-0.25, -0.2) is 4.79 Å². The van der Waals surface area contributed by atoms with E-state index in [2.05, 4.69) is 6.07 Å². The van der Waals surface area contributed by atoms with Crippen molar-refractivity contribution in [3.8, 4) is 23.3 Å². The van der Waals surface area contributed by atoms with Crippen molar-refractivity contribution in [1.82, 2.24) is 0 Å². The molecule has 0 saturated carbocycles. The quantitative estimate of drug-likeness (QED) is 0.208. The van der Waals surface area contributed by atoms with E-state index in [1.807, 2.05) is 48.5 Å². The van der Waals surface area contributed by atoms with Gasteiger partial charge in [0.2, 0.25) is 5.88 Å². The molecule has 0 spiro atoms. The number of hydrogen-bond acceptors (Lipinski definition) is 6. The highest BCUT2D eigenvalue weighted by Gasteiger charge is 2.31. The van der Waals surface area contributed by atoms with Crippen molar-refractivity contribution in [2.45, 2.75) is 12.5 Å². The van der Waals surface area contributed by atoms with Gasteiger partial charge in [0.15, 0.2) is 0 Å². The Bertz CT molecular complexity index is 1580. The first-order valence-corrected chi connectivity index (χ1v) is 12.3. The van der Waals surface area contributed by atoms with Crippen LogP contribution in [0.25, 0.3) is 0 Å². The van der Waals surface area contributed by atoms with Gasteiger partial charge in [-0.1, -0.05) is 59.6 Å². The number of allylic oxidation sites excluding steroid dienone is 1. The number of benzene rings is 4. The summed E-state index contributed by atoms with van der Waals surface area (Å²) in [5.41, 5.74) is 9.27. The van der Waals surface area contributed by atoms with Crippen molar-refractivity contribution in [3.05, 3.63) is 135 Å². The van der Waals surface area contributed by atoms with E-state index in [9.17, 15) is 10.1 Å². The van der Waals surface area contributed by atoms with Crippen molar-refractivity contribution in [2.24, 2.45) is 5.73 Å². The Balaban J connectivity index is 1.37. The molecule has 0 radical (unpaired) electrons. The molecule has 38 heavy (non-hydrogen) atoms. The molecule has 0 fully saturated rings. The maximum Gasteiger partial charge on any atom is 0.343 e. The molecule has 8 heteroatoms. The highest BCUT2D eigenvalue weighted by Crippen LogP contribution is 2.43. The van der Waals surface area contributed by atoms with Crippen LogP contribution in [0.1, 0.15) is 33.0 Å². The minimum atomic E-state index is -0.560. The molecule has 0 aliphatic carbocycles. The van der Waals surface area contributed by atoms with E-state index in [-0.39, 0.29) is 17.2 Å². The summed E-state index contributed by atoms with van der Waals surface area (Å²) in [6.07, 6.45) is 0. The Hall–Kier alpha value is -4.44. The van der Waals surface area contributed by atoms with E-state index in [4.69, 9.17) is 43.1 Å². The lowest BCUT2D eigenvalue weighted by Gasteiger charge is -2.26. The zero-order valence-corrected chi connectivity index (χ0v) is 21.4. The number of nitrogens with zero attached hydrogens (tertiary/aromatic N) is 1.